The molecule has 1 saturated heterocycles. The number of piperazine rings is 1. The second-order valence-corrected chi connectivity index (χ2v) is 6.52. The van der Waals surface area contributed by atoms with Gasteiger partial charge < -0.3 is 9.64 Å². The number of methoxy groups -OCH3 is 1. The fourth-order valence-corrected chi connectivity index (χ4v) is 3.83. The molecule has 4 rings (SSSR count). The van der Waals surface area contributed by atoms with Gasteiger partial charge in [-0.3, -0.25) is 4.90 Å². The summed E-state index contributed by atoms with van der Waals surface area (Å²) in [6.07, 6.45) is 1.32. The molecular weight excluding hydrogens is 284 g/mol. The normalized spacial score (nSPS) is 24.5. The SMILES string of the molecule is COc1ccccc1N1CCN([C@H]2C[C@@H]2c2ccccc2)CC1. The van der Waals surface area contributed by atoms with Gasteiger partial charge in [0.2, 0.25) is 0 Å². The highest BCUT2D eigenvalue weighted by Crippen LogP contribution is 2.45. The molecule has 1 aliphatic heterocycles. The Morgan fingerprint density at radius 1 is 0.870 bits per heavy atom. The third-order valence-electron chi connectivity index (χ3n) is 5.19. The largest absolute Gasteiger partial charge is 0.495 e. The van der Waals surface area contributed by atoms with Crippen LogP contribution in [0.25, 0.3) is 0 Å². The molecule has 2 fully saturated rings. The molecule has 2 aromatic rings. The van der Waals surface area contributed by atoms with Gasteiger partial charge in [-0.25, -0.2) is 0 Å². The lowest BCUT2D eigenvalue weighted by molar-refractivity contribution is 0.243. The summed E-state index contributed by atoms with van der Waals surface area (Å²) in [5.74, 6) is 1.73. The summed E-state index contributed by atoms with van der Waals surface area (Å²) in [5.41, 5.74) is 2.73. The van der Waals surface area contributed by atoms with Gasteiger partial charge in [-0.1, -0.05) is 42.5 Å². The first-order valence-corrected chi connectivity index (χ1v) is 8.54. The third kappa shape index (κ3) is 2.93. The predicted molar refractivity (Wildman–Crippen MR) is 94.4 cm³/mol. The smallest absolute Gasteiger partial charge is 0.142 e. The van der Waals surface area contributed by atoms with Gasteiger partial charge in [-0.2, -0.15) is 0 Å². The minimum atomic E-state index is 0.744. The Labute approximate surface area is 138 Å². The number of ether oxygens (including phenoxy) is 1. The molecule has 2 aliphatic rings. The van der Waals surface area contributed by atoms with Crippen LogP contribution in [0.15, 0.2) is 54.6 Å². The maximum Gasteiger partial charge on any atom is 0.142 e. The van der Waals surface area contributed by atoms with E-state index in [1.165, 1.54) is 17.7 Å². The van der Waals surface area contributed by atoms with E-state index in [-0.39, 0.29) is 0 Å². The molecule has 0 amide bonds. The molecule has 3 heteroatoms. The van der Waals surface area contributed by atoms with Crippen molar-refractivity contribution in [1.29, 1.82) is 0 Å². The second kappa shape index (κ2) is 6.25. The highest BCUT2D eigenvalue weighted by molar-refractivity contribution is 5.58. The summed E-state index contributed by atoms with van der Waals surface area (Å²) in [7, 11) is 1.75. The Kier molecular flexibility index (Phi) is 3.96. The molecule has 0 spiro atoms. The minimum absolute atomic E-state index is 0.744. The Bertz CT molecular complexity index is 650. The summed E-state index contributed by atoms with van der Waals surface area (Å²) in [6, 6.07) is 20.1. The number of benzene rings is 2. The van der Waals surface area contributed by atoms with Crippen LogP contribution >= 0.6 is 0 Å². The van der Waals surface area contributed by atoms with Crippen molar-refractivity contribution in [2.75, 3.05) is 38.2 Å². The molecular formula is C20H24N2O. The first-order valence-electron chi connectivity index (χ1n) is 8.54. The quantitative estimate of drug-likeness (QED) is 0.861. The van der Waals surface area contributed by atoms with Crippen molar-refractivity contribution in [1.82, 2.24) is 4.90 Å². The molecule has 23 heavy (non-hydrogen) atoms. The highest BCUT2D eigenvalue weighted by Gasteiger charge is 2.43. The summed E-state index contributed by atoms with van der Waals surface area (Å²) < 4.78 is 5.50. The predicted octanol–water partition coefficient (Wildman–Crippen LogP) is 3.37. The number of hydrogen-bond donors (Lipinski definition) is 0. The Morgan fingerprint density at radius 2 is 1.57 bits per heavy atom. The highest BCUT2D eigenvalue weighted by atomic mass is 16.5. The van der Waals surface area contributed by atoms with Crippen molar-refractivity contribution in [2.24, 2.45) is 0 Å². The van der Waals surface area contributed by atoms with Crippen LogP contribution in [0, 0.1) is 0 Å². The molecule has 1 saturated carbocycles. The molecule has 1 aliphatic carbocycles. The Balaban J connectivity index is 1.37. The number of hydrogen-bond acceptors (Lipinski definition) is 3. The van der Waals surface area contributed by atoms with Crippen molar-refractivity contribution >= 4 is 5.69 Å². The first kappa shape index (κ1) is 14.6. The van der Waals surface area contributed by atoms with Gasteiger partial charge in [-0.05, 0) is 24.1 Å². The van der Waals surface area contributed by atoms with E-state index < -0.39 is 0 Å². The number of para-hydroxylation sites is 2. The lowest BCUT2D eigenvalue weighted by atomic mass is 10.1. The van der Waals surface area contributed by atoms with Crippen molar-refractivity contribution in [2.45, 2.75) is 18.4 Å². The number of anilines is 1. The lowest BCUT2D eigenvalue weighted by Crippen LogP contribution is -2.47. The van der Waals surface area contributed by atoms with E-state index >= 15 is 0 Å². The second-order valence-electron chi connectivity index (χ2n) is 6.52. The van der Waals surface area contributed by atoms with Gasteiger partial charge in [0, 0.05) is 38.1 Å². The van der Waals surface area contributed by atoms with Crippen LogP contribution in [-0.2, 0) is 0 Å². The molecule has 0 radical (unpaired) electrons. The Morgan fingerprint density at radius 3 is 2.30 bits per heavy atom. The number of rotatable bonds is 4. The monoisotopic (exact) mass is 308 g/mol. The zero-order valence-electron chi connectivity index (χ0n) is 13.7. The van der Waals surface area contributed by atoms with Gasteiger partial charge in [0.15, 0.2) is 0 Å². The van der Waals surface area contributed by atoms with Gasteiger partial charge in [0.25, 0.3) is 0 Å². The fraction of sp³-hybridized carbons (Fsp3) is 0.400. The van der Waals surface area contributed by atoms with Crippen LogP contribution in [0.5, 0.6) is 5.75 Å². The van der Waals surface area contributed by atoms with Gasteiger partial charge in [-0.15, -0.1) is 0 Å². The van der Waals surface area contributed by atoms with Crippen LogP contribution in [0.4, 0.5) is 5.69 Å². The van der Waals surface area contributed by atoms with E-state index in [2.05, 4.69) is 52.3 Å². The first-order chi connectivity index (χ1) is 11.4. The van der Waals surface area contributed by atoms with E-state index in [0.717, 1.165) is 43.9 Å². The van der Waals surface area contributed by atoms with Gasteiger partial charge in [0.1, 0.15) is 5.75 Å². The lowest BCUT2D eigenvalue weighted by Gasteiger charge is -2.37. The van der Waals surface area contributed by atoms with E-state index in [0.29, 0.717) is 0 Å². The molecule has 120 valence electrons. The number of nitrogens with zero attached hydrogens (tertiary/aromatic N) is 2. The zero-order valence-corrected chi connectivity index (χ0v) is 13.7. The maximum atomic E-state index is 5.50. The van der Waals surface area contributed by atoms with Crippen LogP contribution in [-0.4, -0.2) is 44.2 Å². The standard InChI is InChI=1S/C20H24N2O/c1-23-20-10-6-5-9-18(20)21-11-13-22(14-12-21)19-15-17(19)16-7-3-2-4-8-16/h2-10,17,19H,11-15H2,1H3/t17-,19+/m1/s1. The molecule has 1 heterocycles. The van der Waals surface area contributed by atoms with Gasteiger partial charge >= 0.3 is 0 Å². The topological polar surface area (TPSA) is 15.7 Å². The molecule has 0 N–H and O–H groups in total. The summed E-state index contributed by atoms with van der Waals surface area (Å²) in [6.45, 7) is 4.45. The fourth-order valence-electron chi connectivity index (χ4n) is 3.83. The molecule has 3 nitrogen and oxygen atoms in total. The average Bonchev–Trinajstić information content (AvgIpc) is 3.43. The van der Waals surface area contributed by atoms with Crippen LogP contribution < -0.4 is 9.64 Å². The van der Waals surface area contributed by atoms with E-state index in [1.54, 1.807) is 7.11 Å². The van der Waals surface area contributed by atoms with E-state index in [4.69, 9.17) is 4.74 Å². The van der Waals surface area contributed by atoms with Crippen molar-refractivity contribution in [3.8, 4) is 5.75 Å². The van der Waals surface area contributed by atoms with Crippen LogP contribution in [0.3, 0.4) is 0 Å². The van der Waals surface area contributed by atoms with Crippen molar-refractivity contribution < 1.29 is 4.74 Å². The van der Waals surface area contributed by atoms with Gasteiger partial charge in [0.05, 0.1) is 12.8 Å². The van der Waals surface area contributed by atoms with E-state index in [9.17, 15) is 0 Å². The van der Waals surface area contributed by atoms with Crippen LogP contribution in [0.2, 0.25) is 0 Å². The van der Waals surface area contributed by atoms with Crippen LogP contribution in [0.1, 0.15) is 17.9 Å². The molecule has 2 atom stereocenters. The van der Waals surface area contributed by atoms with Crippen molar-refractivity contribution in [3.63, 3.8) is 0 Å². The Hall–Kier alpha value is -2.00. The van der Waals surface area contributed by atoms with Crippen molar-refractivity contribution in [3.05, 3.63) is 60.2 Å². The molecule has 0 unspecified atom stereocenters. The van der Waals surface area contributed by atoms with E-state index in [1.807, 2.05) is 12.1 Å². The minimum Gasteiger partial charge on any atom is -0.495 e. The third-order valence-corrected chi connectivity index (χ3v) is 5.19. The summed E-state index contributed by atoms with van der Waals surface area (Å²) in [5, 5.41) is 0. The zero-order chi connectivity index (χ0) is 15.6. The molecule has 2 aromatic carbocycles. The molecule has 0 bridgehead atoms. The summed E-state index contributed by atoms with van der Waals surface area (Å²) in [4.78, 5) is 5.12. The maximum absolute atomic E-state index is 5.50. The molecule has 0 aromatic heterocycles. The average molecular weight is 308 g/mol. The summed E-state index contributed by atoms with van der Waals surface area (Å²) >= 11 is 0.